The van der Waals surface area contributed by atoms with Crippen LogP contribution in [0.5, 0.6) is 0 Å². The Labute approximate surface area is 69.7 Å². The van der Waals surface area contributed by atoms with E-state index in [0.29, 0.717) is 5.56 Å². The average molecular weight is 172 g/mol. The molecule has 0 bridgehead atoms. The zero-order chi connectivity index (χ0) is 9.14. The van der Waals surface area contributed by atoms with E-state index in [0.717, 1.165) is 6.07 Å². The van der Waals surface area contributed by atoms with Crippen molar-refractivity contribution in [3.63, 3.8) is 0 Å². The van der Waals surface area contributed by atoms with Gasteiger partial charge in [0, 0.05) is 6.07 Å². The summed E-state index contributed by atoms with van der Waals surface area (Å²) in [6, 6.07) is 3.25. The van der Waals surface area contributed by atoms with Crippen molar-refractivity contribution in [2.45, 2.75) is 19.4 Å². The van der Waals surface area contributed by atoms with Crippen molar-refractivity contribution in [1.82, 2.24) is 0 Å². The van der Waals surface area contributed by atoms with Crippen LogP contribution in [-0.4, -0.2) is 11.2 Å². The minimum absolute atomic E-state index is 0.272. The maximum absolute atomic E-state index is 12.6. The molecule has 0 saturated heterocycles. The van der Waals surface area contributed by atoms with Gasteiger partial charge in [-0.15, -0.1) is 0 Å². The average Bonchev–Trinajstić information content (AvgIpc) is 1.81. The highest BCUT2D eigenvalue weighted by atomic mass is 19.1. The molecule has 0 aliphatic carbocycles. The third-order valence-corrected chi connectivity index (χ3v) is 1.45. The Hall–Kier alpha value is -0.960. The number of benzene rings is 1. The molecule has 1 aromatic rings. The molecule has 0 radical (unpaired) electrons. The summed E-state index contributed by atoms with van der Waals surface area (Å²) in [7, 11) is 0. The molecule has 12 heavy (non-hydrogen) atoms. The highest BCUT2D eigenvalue weighted by Crippen LogP contribution is 2.09. The van der Waals surface area contributed by atoms with Crippen molar-refractivity contribution in [2.75, 3.05) is 0 Å². The van der Waals surface area contributed by atoms with Crippen molar-refractivity contribution in [3.05, 3.63) is 35.4 Å². The maximum atomic E-state index is 12.6. The van der Waals surface area contributed by atoms with Gasteiger partial charge in [-0.1, -0.05) is 0 Å². The lowest BCUT2D eigenvalue weighted by Crippen LogP contribution is -2.04. The van der Waals surface area contributed by atoms with Crippen LogP contribution < -0.4 is 0 Å². The zero-order valence-electron chi connectivity index (χ0n) is 6.72. The lowest BCUT2D eigenvalue weighted by molar-refractivity contribution is 0.195. The minimum Gasteiger partial charge on any atom is -0.393 e. The van der Waals surface area contributed by atoms with Gasteiger partial charge in [0.05, 0.1) is 6.10 Å². The zero-order valence-corrected chi connectivity index (χ0v) is 6.72. The van der Waals surface area contributed by atoms with E-state index in [1.54, 1.807) is 6.92 Å². The van der Waals surface area contributed by atoms with Crippen LogP contribution >= 0.6 is 0 Å². The van der Waals surface area contributed by atoms with Crippen LogP contribution in [0.4, 0.5) is 8.78 Å². The first kappa shape index (κ1) is 9.13. The summed E-state index contributed by atoms with van der Waals surface area (Å²) in [6.45, 7) is 1.57. The number of aliphatic hydroxyl groups is 1. The van der Waals surface area contributed by atoms with Crippen LogP contribution in [0.15, 0.2) is 18.2 Å². The third-order valence-electron chi connectivity index (χ3n) is 1.45. The van der Waals surface area contributed by atoms with Gasteiger partial charge in [0.25, 0.3) is 0 Å². The minimum atomic E-state index is -0.606. The normalized spacial score (nSPS) is 13.0. The fourth-order valence-corrected chi connectivity index (χ4v) is 1.07. The second-order valence-corrected chi connectivity index (χ2v) is 2.83. The molecule has 1 atom stereocenters. The van der Waals surface area contributed by atoms with E-state index in [2.05, 4.69) is 0 Å². The van der Waals surface area contributed by atoms with Gasteiger partial charge in [0.15, 0.2) is 0 Å². The van der Waals surface area contributed by atoms with Crippen molar-refractivity contribution in [2.24, 2.45) is 0 Å². The molecule has 0 heterocycles. The summed E-state index contributed by atoms with van der Waals surface area (Å²) in [4.78, 5) is 0. The molecular formula is C9H10F2O. The molecule has 0 aliphatic rings. The molecule has 0 amide bonds. The number of hydrogen-bond donors (Lipinski definition) is 1. The molecule has 1 N–H and O–H groups in total. The van der Waals surface area contributed by atoms with Gasteiger partial charge in [-0.2, -0.15) is 0 Å². The fraction of sp³-hybridized carbons (Fsp3) is 0.333. The van der Waals surface area contributed by atoms with Gasteiger partial charge in [0.1, 0.15) is 11.6 Å². The topological polar surface area (TPSA) is 20.2 Å². The quantitative estimate of drug-likeness (QED) is 0.722. The molecule has 1 aromatic carbocycles. The first-order chi connectivity index (χ1) is 5.58. The Kier molecular flexibility index (Phi) is 2.76. The Morgan fingerprint density at radius 1 is 1.25 bits per heavy atom. The summed E-state index contributed by atoms with van der Waals surface area (Å²) in [5.41, 5.74) is 0.475. The van der Waals surface area contributed by atoms with Crippen LogP contribution in [-0.2, 0) is 6.42 Å². The molecule has 0 saturated carbocycles. The van der Waals surface area contributed by atoms with Crippen LogP contribution in [0.2, 0.25) is 0 Å². The maximum Gasteiger partial charge on any atom is 0.126 e. The second-order valence-electron chi connectivity index (χ2n) is 2.83. The number of rotatable bonds is 2. The molecule has 1 nitrogen and oxygen atoms in total. The lowest BCUT2D eigenvalue weighted by atomic mass is 10.1. The van der Waals surface area contributed by atoms with Gasteiger partial charge >= 0.3 is 0 Å². The van der Waals surface area contributed by atoms with Crippen LogP contribution in [0.1, 0.15) is 12.5 Å². The molecule has 1 rings (SSSR count). The highest BCUT2D eigenvalue weighted by molar-refractivity contribution is 5.18. The van der Waals surface area contributed by atoms with Crippen molar-refractivity contribution in [1.29, 1.82) is 0 Å². The first-order valence-electron chi connectivity index (χ1n) is 3.71. The van der Waals surface area contributed by atoms with E-state index in [1.165, 1.54) is 12.1 Å². The fourth-order valence-electron chi connectivity index (χ4n) is 1.07. The predicted molar refractivity (Wildman–Crippen MR) is 41.7 cm³/mol. The summed E-state index contributed by atoms with van der Waals surface area (Å²) in [5.74, 6) is -1.21. The SMILES string of the molecule is CC(O)Cc1cc(F)cc(F)c1. The summed E-state index contributed by atoms with van der Waals surface area (Å²) in [6.07, 6.45) is -0.305. The largest absolute Gasteiger partial charge is 0.393 e. The van der Waals surface area contributed by atoms with E-state index >= 15 is 0 Å². The van der Waals surface area contributed by atoms with E-state index in [9.17, 15) is 8.78 Å². The van der Waals surface area contributed by atoms with E-state index in [-0.39, 0.29) is 6.42 Å². The molecule has 66 valence electrons. The molecule has 0 aromatic heterocycles. The Morgan fingerprint density at radius 2 is 1.75 bits per heavy atom. The summed E-state index contributed by atoms with van der Waals surface area (Å²) < 4.78 is 25.1. The Balaban J connectivity index is 2.85. The van der Waals surface area contributed by atoms with Gasteiger partial charge < -0.3 is 5.11 Å². The van der Waals surface area contributed by atoms with Gasteiger partial charge in [-0.25, -0.2) is 8.78 Å². The molecule has 3 heteroatoms. The van der Waals surface area contributed by atoms with E-state index in [4.69, 9.17) is 5.11 Å². The Bertz CT molecular complexity index is 251. The third kappa shape index (κ3) is 2.58. The first-order valence-corrected chi connectivity index (χ1v) is 3.71. The summed E-state index contributed by atoms with van der Waals surface area (Å²) >= 11 is 0. The number of hydrogen-bond acceptors (Lipinski definition) is 1. The van der Waals surface area contributed by atoms with Crippen molar-refractivity contribution in [3.8, 4) is 0 Å². The molecule has 0 aliphatic heterocycles. The van der Waals surface area contributed by atoms with Crippen LogP contribution in [0, 0.1) is 11.6 Å². The highest BCUT2D eigenvalue weighted by Gasteiger charge is 2.02. The monoisotopic (exact) mass is 172 g/mol. The van der Waals surface area contributed by atoms with Gasteiger partial charge in [-0.05, 0) is 31.0 Å². The molecule has 0 fully saturated rings. The van der Waals surface area contributed by atoms with E-state index in [1.807, 2.05) is 0 Å². The lowest BCUT2D eigenvalue weighted by Gasteiger charge is -2.03. The van der Waals surface area contributed by atoms with Crippen molar-refractivity contribution >= 4 is 0 Å². The summed E-state index contributed by atoms with van der Waals surface area (Å²) in [5, 5.41) is 8.94. The molecular weight excluding hydrogens is 162 g/mol. The standard InChI is InChI=1S/C9H10F2O/c1-6(12)2-7-3-8(10)5-9(11)4-7/h3-6,12H,2H2,1H3. The van der Waals surface area contributed by atoms with Gasteiger partial charge in [-0.3, -0.25) is 0 Å². The smallest absolute Gasteiger partial charge is 0.126 e. The van der Waals surface area contributed by atoms with E-state index < -0.39 is 17.7 Å². The van der Waals surface area contributed by atoms with Crippen LogP contribution in [0.25, 0.3) is 0 Å². The molecule has 0 spiro atoms. The van der Waals surface area contributed by atoms with Crippen LogP contribution in [0.3, 0.4) is 0 Å². The Morgan fingerprint density at radius 3 is 2.17 bits per heavy atom. The van der Waals surface area contributed by atoms with Crippen molar-refractivity contribution < 1.29 is 13.9 Å². The van der Waals surface area contributed by atoms with Gasteiger partial charge in [0.2, 0.25) is 0 Å². The predicted octanol–water partition coefficient (Wildman–Crippen LogP) is 1.89. The number of halogens is 2. The molecule has 1 unspecified atom stereocenters. The second kappa shape index (κ2) is 3.63. The number of aliphatic hydroxyl groups excluding tert-OH is 1.